The number of carbonyl (C=O) groups is 1. The minimum atomic E-state index is -0.718. The summed E-state index contributed by atoms with van der Waals surface area (Å²) in [7, 11) is 0. The quantitative estimate of drug-likeness (QED) is 0.907. The molecule has 0 aromatic heterocycles. The van der Waals surface area contributed by atoms with Gasteiger partial charge in [0.25, 0.3) is 5.91 Å². The van der Waals surface area contributed by atoms with E-state index in [2.05, 4.69) is 5.32 Å². The minimum absolute atomic E-state index is 0.0813. The van der Waals surface area contributed by atoms with Gasteiger partial charge in [0.1, 0.15) is 11.6 Å². The van der Waals surface area contributed by atoms with Gasteiger partial charge in [-0.2, -0.15) is 0 Å². The first-order chi connectivity index (χ1) is 9.11. The van der Waals surface area contributed by atoms with Crippen LogP contribution in [-0.4, -0.2) is 36.5 Å². The number of halogens is 2. The van der Waals surface area contributed by atoms with Crippen LogP contribution in [0, 0.1) is 11.6 Å². The number of hydrogen-bond donors (Lipinski definition) is 1. The number of carbonyl (C=O) groups excluding carboxylic acids is 1. The van der Waals surface area contributed by atoms with E-state index in [0.717, 1.165) is 44.1 Å². The van der Waals surface area contributed by atoms with Crippen molar-refractivity contribution in [3.8, 4) is 0 Å². The van der Waals surface area contributed by atoms with E-state index in [1.54, 1.807) is 4.90 Å². The highest BCUT2D eigenvalue weighted by Crippen LogP contribution is 2.16. The Morgan fingerprint density at radius 3 is 2.58 bits per heavy atom. The topological polar surface area (TPSA) is 32.3 Å². The van der Waals surface area contributed by atoms with Gasteiger partial charge in [-0.3, -0.25) is 4.79 Å². The van der Waals surface area contributed by atoms with E-state index in [4.69, 9.17) is 0 Å². The SMILES string of the molecule is CCCN(C(=O)c1cc(F)cc(F)c1)C1CCNC1. The highest BCUT2D eigenvalue weighted by atomic mass is 19.1. The van der Waals surface area contributed by atoms with E-state index in [1.807, 2.05) is 6.92 Å². The van der Waals surface area contributed by atoms with Crippen molar-refractivity contribution >= 4 is 5.91 Å². The third-order valence-corrected chi connectivity index (χ3v) is 3.31. The summed E-state index contributed by atoms with van der Waals surface area (Å²) >= 11 is 0. The monoisotopic (exact) mass is 268 g/mol. The summed E-state index contributed by atoms with van der Waals surface area (Å²) < 4.78 is 26.4. The first kappa shape index (κ1) is 13.9. The molecule has 2 rings (SSSR count). The molecule has 5 heteroatoms. The lowest BCUT2D eigenvalue weighted by molar-refractivity contribution is 0.0691. The number of rotatable bonds is 4. The molecule has 1 aliphatic heterocycles. The van der Waals surface area contributed by atoms with Gasteiger partial charge in [-0.1, -0.05) is 6.92 Å². The van der Waals surface area contributed by atoms with E-state index >= 15 is 0 Å². The minimum Gasteiger partial charge on any atom is -0.334 e. The normalized spacial score (nSPS) is 18.6. The zero-order chi connectivity index (χ0) is 13.8. The van der Waals surface area contributed by atoms with E-state index in [1.165, 1.54) is 0 Å². The van der Waals surface area contributed by atoms with Crippen molar-refractivity contribution in [2.75, 3.05) is 19.6 Å². The highest BCUT2D eigenvalue weighted by molar-refractivity contribution is 5.94. The molecule has 0 bridgehead atoms. The average Bonchev–Trinajstić information content (AvgIpc) is 2.87. The van der Waals surface area contributed by atoms with Crippen LogP contribution in [-0.2, 0) is 0 Å². The molecule has 1 amide bonds. The van der Waals surface area contributed by atoms with Gasteiger partial charge in [-0.05, 0) is 31.5 Å². The van der Waals surface area contributed by atoms with Crippen LogP contribution in [0.25, 0.3) is 0 Å². The Labute approximate surface area is 111 Å². The van der Waals surface area contributed by atoms with Crippen molar-refractivity contribution in [3.63, 3.8) is 0 Å². The highest BCUT2D eigenvalue weighted by Gasteiger charge is 2.27. The molecule has 1 aromatic carbocycles. The smallest absolute Gasteiger partial charge is 0.254 e. The molecule has 0 saturated carbocycles. The fourth-order valence-corrected chi connectivity index (χ4v) is 2.44. The molecule has 19 heavy (non-hydrogen) atoms. The van der Waals surface area contributed by atoms with Crippen LogP contribution in [0.2, 0.25) is 0 Å². The molecule has 3 nitrogen and oxygen atoms in total. The molecule has 1 N–H and O–H groups in total. The molecular formula is C14H18F2N2O. The Hall–Kier alpha value is -1.49. The summed E-state index contributed by atoms with van der Waals surface area (Å²) in [5.74, 6) is -1.73. The maximum absolute atomic E-state index is 13.2. The zero-order valence-electron chi connectivity index (χ0n) is 11.0. The summed E-state index contributed by atoms with van der Waals surface area (Å²) in [6.45, 7) is 4.19. The van der Waals surface area contributed by atoms with Crippen molar-refractivity contribution in [3.05, 3.63) is 35.4 Å². The molecule has 1 saturated heterocycles. The van der Waals surface area contributed by atoms with Crippen LogP contribution >= 0.6 is 0 Å². The van der Waals surface area contributed by atoms with Gasteiger partial charge in [-0.15, -0.1) is 0 Å². The summed E-state index contributed by atoms with van der Waals surface area (Å²) in [5.41, 5.74) is 0.0813. The van der Waals surface area contributed by atoms with Crippen LogP contribution in [0.1, 0.15) is 30.1 Å². The molecule has 1 atom stereocenters. The van der Waals surface area contributed by atoms with E-state index in [-0.39, 0.29) is 17.5 Å². The van der Waals surface area contributed by atoms with Crippen molar-refractivity contribution in [2.24, 2.45) is 0 Å². The van der Waals surface area contributed by atoms with Crippen molar-refractivity contribution in [2.45, 2.75) is 25.8 Å². The van der Waals surface area contributed by atoms with Crippen LogP contribution in [0.5, 0.6) is 0 Å². The fourth-order valence-electron chi connectivity index (χ4n) is 2.44. The molecule has 104 valence electrons. The van der Waals surface area contributed by atoms with Gasteiger partial charge >= 0.3 is 0 Å². The third kappa shape index (κ3) is 3.29. The third-order valence-electron chi connectivity index (χ3n) is 3.31. The average molecular weight is 268 g/mol. The first-order valence-corrected chi connectivity index (χ1v) is 6.59. The standard InChI is InChI=1S/C14H18F2N2O/c1-2-5-18(13-3-4-17-9-13)14(19)10-6-11(15)8-12(16)7-10/h6-8,13,17H,2-5,9H2,1H3. The summed E-state index contributed by atoms with van der Waals surface area (Å²) in [6, 6.07) is 3.07. The maximum Gasteiger partial charge on any atom is 0.254 e. The van der Waals surface area contributed by atoms with Crippen LogP contribution in [0.4, 0.5) is 8.78 Å². The lowest BCUT2D eigenvalue weighted by atomic mass is 10.1. The molecule has 0 radical (unpaired) electrons. The Morgan fingerprint density at radius 1 is 1.37 bits per heavy atom. The lowest BCUT2D eigenvalue weighted by Gasteiger charge is -2.28. The van der Waals surface area contributed by atoms with Gasteiger partial charge in [0.05, 0.1) is 0 Å². The summed E-state index contributed by atoms with van der Waals surface area (Å²) in [4.78, 5) is 14.1. The largest absolute Gasteiger partial charge is 0.334 e. The van der Waals surface area contributed by atoms with Crippen molar-refractivity contribution < 1.29 is 13.6 Å². The summed E-state index contributed by atoms with van der Waals surface area (Å²) in [5, 5.41) is 3.20. The number of amides is 1. The lowest BCUT2D eigenvalue weighted by Crippen LogP contribution is -2.42. The van der Waals surface area contributed by atoms with Crippen molar-refractivity contribution in [1.82, 2.24) is 10.2 Å². The van der Waals surface area contributed by atoms with Gasteiger partial charge < -0.3 is 10.2 Å². The zero-order valence-corrected chi connectivity index (χ0v) is 11.0. The Bertz CT molecular complexity index is 439. The Morgan fingerprint density at radius 2 is 2.05 bits per heavy atom. The predicted octanol–water partition coefficient (Wildman–Crippen LogP) is 2.18. The molecule has 1 heterocycles. The van der Waals surface area contributed by atoms with Crippen LogP contribution in [0.3, 0.4) is 0 Å². The molecule has 0 aliphatic carbocycles. The fraction of sp³-hybridized carbons (Fsp3) is 0.500. The number of hydrogen-bond acceptors (Lipinski definition) is 2. The molecule has 1 fully saturated rings. The molecule has 1 aromatic rings. The first-order valence-electron chi connectivity index (χ1n) is 6.59. The second kappa shape index (κ2) is 6.10. The van der Waals surface area contributed by atoms with Crippen LogP contribution in [0.15, 0.2) is 18.2 Å². The maximum atomic E-state index is 13.2. The van der Waals surface area contributed by atoms with E-state index < -0.39 is 11.6 Å². The van der Waals surface area contributed by atoms with Gasteiger partial charge in [-0.25, -0.2) is 8.78 Å². The van der Waals surface area contributed by atoms with Gasteiger partial charge in [0.2, 0.25) is 0 Å². The van der Waals surface area contributed by atoms with Gasteiger partial charge in [0.15, 0.2) is 0 Å². The van der Waals surface area contributed by atoms with E-state index in [9.17, 15) is 13.6 Å². The molecular weight excluding hydrogens is 250 g/mol. The molecule has 0 spiro atoms. The second-order valence-electron chi connectivity index (χ2n) is 4.80. The number of benzene rings is 1. The van der Waals surface area contributed by atoms with Gasteiger partial charge in [0, 0.05) is 30.8 Å². The van der Waals surface area contributed by atoms with Crippen LogP contribution < -0.4 is 5.32 Å². The molecule has 1 aliphatic rings. The summed E-state index contributed by atoms with van der Waals surface area (Å²) in [6.07, 6.45) is 1.70. The Balaban J connectivity index is 2.22. The van der Waals surface area contributed by atoms with Crippen molar-refractivity contribution in [1.29, 1.82) is 0 Å². The number of nitrogens with zero attached hydrogens (tertiary/aromatic N) is 1. The number of nitrogens with one attached hydrogen (secondary N) is 1. The van der Waals surface area contributed by atoms with E-state index in [0.29, 0.717) is 6.54 Å². The Kier molecular flexibility index (Phi) is 4.47. The second-order valence-corrected chi connectivity index (χ2v) is 4.80. The molecule has 1 unspecified atom stereocenters. The predicted molar refractivity (Wildman–Crippen MR) is 69.0 cm³/mol.